The standard InChI is InChI=1S/C25H33N3O3S/c1-2-22(23-14-9-17-26-23)27-25(29)20-15-16-24(19-10-5-3-6-11-19)28(18-20)32(30,31)21-12-7-4-8-13-21/h3-8,10-13,20,22-24,26H,2,9,14-18H2,1H3,(H,27,29). The van der Waals surface area contributed by atoms with E-state index in [9.17, 15) is 13.2 Å². The van der Waals surface area contributed by atoms with Crippen LogP contribution in [-0.2, 0) is 14.8 Å². The van der Waals surface area contributed by atoms with E-state index in [2.05, 4.69) is 17.6 Å². The van der Waals surface area contributed by atoms with E-state index in [1.807, 2.05) is 36.4 Å². The Morgan fingerprint density at radius 1 is 1.06 bits per heavy atom. The summed E-state index contributed by atoms with van der Waals surface area (Å²) in [4.78, 5) is 13.5. The molecular weight excluding hydrogens is 422 g/mol. The van der Waals surface area contributed by atoms with E-state index >= 15 is 0 Å². The van der Waals surface area contributed by atoms with Gasteiger partial charge in [-0.25, -0.2) is 8.42 Å². The number of carbonyl (C=O) groups is 1. The highest BCUT2D eigenvalue weighted by molar-refractivity contribution is 7.89. The molecule has 2 aromatic carbocycles. The topological polar surface area (TPSA) is 78.5 Å². The summed E-state index contributed by atoms with van der Waals surface area (Å²) in [5.41, 5.74) is 0.965. The molecule has 0 spiro atoms. The molecule has 172 valence electrons. The average Bonchev–Trinajstić information content (AvgIpc) is 3.38. The minimum Gasteiger partial charge on any atom is -0.352 e. The molecular formula is C25H33N3O3S. The number of hydrogen-bond acceptors (Lipinski definition) is 4. The summed E-state index contributed by atoms with van der Waals surface area (Å²) in [6.07, 6.45) is 4.33. The predicted molar refractivity (Wildman–Crippen MR) is 125 cm³/mol. The minimum atomic E-state index is -3.73. The van der Waals surface area contributed by atoms with Gasteiger partial charge in [-0.3, -0.25) is 4.79 Å². The van der Waals surface area contributed by atoms with Crippen molar-refractivity contribution in [2.75, 3.05) is 13.1 Å². The molecule has 4 unspecified atom stereocenters. The summed E-state index contributed by atoms with van der Waals surface area (Å²) in [5.74, 6) is -0.394. The maximum Gasteiger partial charge on any atom is 0.243 e. The largest absolute Gasteiger partial charge is 0.352 e. The first kappa shape index (κ1) is 23.0. The first-order valence-electron chi connectivity index (χ1n) is 11.7. The van der Waals surface area contributed by atoms with Gasteiger partial charge in [0.2, 0.25) is 15.9 Å². The number of piperidine rings is 1. The Morgan fingerprint density at radius 3 is 2.38 bits per heavy atom. The molecule has 0 saturated carbocycles. The van der Waals surface area contributed by atoms with Crippen LogP contribution in [0.25, 0.3) is 0 Å². The summed E-state index contributed by atoms with van der Waals surface area (Å²) in [7, 11) is -3.73. The summed E-state index contributed by atoms with van der Waals surface area (Å²) in [6, 6.07) is 18.4. The normalized spacial score (nSPS) is 25.3. The summed E-state index contributed by atoms with van der Waals surface area (Å²) >= 11 is 0. The zero-order valence-corrected chi connectivity index (χ0v) is 19.4. The van der Waals surface area contributed by atoms with E-state index in [1.165, 1.54) is 0 Å². The van der Waals surface area contributed by atoms with Crippen molar-refractivity contribution in [2.45, 2.75) is 62.0 Å². The van der Waals surface area contributed by atoms with Crippen LogP contribution in [0.3, 0.4) is 0 Å². The van der Waals surface area contributed by atoms with Gasteiger partial charge in [0.05, 0.1) is 16.9 Å². The minimum absolute atomic E-state index is 0.0367. The quantitative estimate of drug-likeness (QED) is 0.670. The molecule has 0 bridgehead atoms. The highest BCUT2D eigenvalue weighted by atomic mass is 32.2. The van der Waals surface area contributed by atoms with Crippen molar-refractivity contribution in [3.8, 4) is 0 Å². The fourth-order valence-corrected chi connectivity index (χ4v) is 6.71. The van der Waals surface area contributed by atoms with Crippen molar-refractivity contribution in [3.63, 3.8) is 0 Å². The van der Waals surface area contributed by atoms with Crippen LogP contribution in [0.4, 0.5) is 0 Å². The van der Waals surface area contributed by atoms with Gasteiger partial charge >= 0.3 is 0 Å². The molecule has 2 aromatic rings. The Bertz CT molecular complexity index is 992. The lowest BCUT2D eigenvalue weighted by Crippen LogP contribution is -2.52. The second kappa shape index (κ2) is 10.1. The highest BCUT2D eigenvalue weighted by Crippen LogP contribution is 2.37. The zero-order chi connectivity index (χ0) is 22.6. The SMILES string of the molecule is CCC(NC(=O)C1CCC(c2ccccc2)N(S(=O)(=O)c2ccccc2)C1)C1CCCN1. The summed E-state index contributed by atoms with van der Waals surface area (Å²) in [6.45, 7) is 3.27. The molecule has 2 heterocycles. The number of nitrogens with zero attached hydrogens (tertiary/aromatic N) is 1. The van der Waals surface area contributed by atoms with Gasteiger partial charge in [-0.15, -0.1) is 0 Å². The van der Waals surface area contributed by atoms with Crippen LogP contribution in [0.15, 0.2) is 65.6 Å². The third-order valence-corrected chi connectivity index (χ3v) is 8.68. The molecule has 4 atom stereocenters. The molecule has 2 N–H and O–H groups in total. The van der Waals surface area contributed by atoms with Crippen LogP contribution < -0.4 is 10.6 Å². The summed E-state index contributed by atoms with van der Waals surface area (Å²) < 4.78 is 28.8. The molecule has 2 aliphatic heterocycles. The monoisotopic (exact) mass is 455 g/mol. The van der Waals surface area contributed by atoms with Crippen molar-refractivity contribution in [1.82, 2.24) is 14.9 Å². The number of carbonyl (C=O) groups excluding carboxylic acids is 1. The van der Waals surface area contributed by atoms with Gasteiger partial charge in [-0.1, -0.05) is 55.5 Å². The smallest absolute Gasteiger partial charge is 0.243 e. The van der Waals surface area contributed by atoms with Crippen molar-refractivity contribution < 1.29 is 13.2 Å². The van der Waals surface area contributed by atoms with E-state index in [4.69, 9.17) is 0 Å². The number of rotatable bonds is 7. The van der Waals surface area contributed by atoms with Crippen molar-refractivity contribution >= 4 is 15.9 Å². The van der Waals surface area contributed by atoms with Gasteiger partial charge < -0.3 is 10.6 Å². The van der Waals surface area contributed by atoms with Crippen LogP contribution in [0.5, 0.6) is 0 Å². The Morgan fingerprint density at radius 2 is 1.75 bits per heavy atom. The Labute approximate surface area is 191 Å². The van der Waals surface area contributed by atoms with Crippen LogP contribution in [0.1, 0.15) is 50.6 Å². The maximum absolute atomic E-state index is 13.6. The van der Waals surface area contributed by atoms with Crippen LogP contribution in [-0.4, -0.2) is 43.8 Å². The lowest BCUT2D eigenvalue weighted by molar-refractivity contribution is -0.127. The number of benzene rings is 2. The second-order valence-electron chi connectivity index (χ2n) is 8.81. The fourth-order valence-electron chi connectivity index (χ4n) is 5.00. The van der Waals surface area contributed by atoms with Gasteiger partial charge in [0.25, 0.3) is 0 Å². The van der Waals surface area contributed by atoms with E-state index < -0.39 is 10.0 Å². The van der Waals surface area contributed by atoms with Crippen LogP contribution in [0, 0.1) is 5.92 Å². The van der Waals surface area contributed by atoms with Crippen LogP contribution >= 0.6 is 0 Å². The fraction of sp³-hybridized carbons (Fsp3) is 0.480. The van der Waals surface area contributed by atoms with Gasteiger partial charge in [-0.05, 0) is 56.3 Å². The lowest BCUT2D eigenvalue weighted by Gasteiger charge is -2.39. The molecule has 0 aliphatic carbocycles. The molecule has 0 radical (unpaired) electrons. The molecule has 4 rings (SSSR count). The molecule has 0 aromatic heterocycles. The van der Waals surface area contributed by atoms with E-state index in [0.29, 0.717) is 18.9 Å². The number of sulfonamides is 1. The predicted octanol–water partition coefficient (Wildman–Crippen LogP) is 3.48. The number of amides is 1. The molecule has 1 amide bonds. The maximum atomic E-state index is 13.6. The van der Waals surface area contributed by atoms with Crippen molar-refractivity contribution in [2.24, 2.45) is 5.92 Å². The Balaban J connectivity index is 1.57. The summed E-state index contributed by atoms with van der Waals surface area (Å²) in [5, 5.41) is 6.70. The molecule has 7 heteroatoms. The van der Waals surface area contributed by atoms with Crippen LogP contribution in [0.2, 0.25) is 0 Å². The zero-order valence-electron chi connectivity index (χ0n) is 18.6. The molecule has 32 heavy (non-hydrogen) atoms. The Kier molecular flexibility index (Phi) is 7.28. The molecule has 6 nitrogen and oxygen atoms in total. The second-order valence-corrected chi connectivity index (χ2v) is 10.7. The van der Waals surface area contributed by atoms with Gasteiger partial charge in [0.15, 0.2) is 0 Å². The van der Waals surface area contributed by atoms with E-state index in [1.54, 1.807) is 28.6 Å². The number of nitrogens with one attached hydrogen (secondary N) is 2. The first-order valence-corrected chi connectivity index (χ1v) is 13.1. The third kappa shape index (κ3) is 4.90. The number of hydrogen-bond donors (Lipinski definition) is 2. The van der Waals surface area contributed by atoms with Crippen molar-refractivity contribution in [1.29, 1.82) is 0 Å². The van der Waals surface area contributed by atoms with E-state index in [0.717, 1.165) is 31.4 Å². The van der Waals surface area contributed by atoms with Crippen molar-refractivity contribution in [3.05, 3.63) is 66.2 Å². The third-order valence-electron chi connectivity index (χ3n) is 6.79. The van der Waals surface area contributed by atoms with E-state index in [-0.39, 0.29) is 35.3 Å². The lowest BCUT2D eigenvalue weighted by atomic mass is 9.90. The van der Waals surface area contributed by atoms with Gasteiger partial charge in [-0.2, -0.15) is 4.31 Å². The molecule has 2 aliphatic rings. The molecule has 2 saturated heterocycles. The molecule has 2 fully saturated rings. The van der Waals surface area contributed by atoms with Gasteiger partial charge in [0.1, 0.15) is 0 Å². The Hall–Kier alpha value is -2.22. The average molecular weight is 456 g/mol. The van der Waals surface area contributed by atoms with Gasteiger partial charge in [0, 0.05) is 18.6 Å². The first-order chi connectivity index (χ1) is 15.5. The highest BCUT2D eigenvalue weighted by Gasteiger charge is 2.40.